The van der Waals surface area contributed by atoms with Crippen molar-refractivity contribution >= 4 is 0 Å². The summed E-state index contributed by atoms with van der Waals surface area (Å²) in [5, 5.41) is 0. The maximum atomic E-state index is 5.17. The molecule has 6 nitrogen and oxygen atoms in total. The quantitative estimate of drug-likeness (QED) is 0.330. The Hall–Kier alpha value is -0.240. The number of ether oxygens (including phenoxy) is 4. The van der Waals surface area contributed by atoms with Crippen LogP contribution in [0.15, 0.2) is 0 Å². The summed E-state index contributed by atoms with van der Waals surface area (Å²) in [4.78, 5) is 0. The minimum atomic E-state index is 0.232. The fourth-order valence-electron chi connectivity index (χ4n) is 0.724. The van der Waals surface area contributed by atoms with Gasteiger partial charge >= 0.3 is 0 Å². The van der Waals surface area contributed by atoms with Crippen LogP contribution in [0.2, 0.25) is 0 Å². The average Bonchev–Trinajstić information content (AvgIpc) is 2.21. The van der Waals surface area contributed by atoms with Gasteiger partial charge in [-0.3, -0.25) is 0 Å². The normalized spacial score (nSPS) is 10.7. The van der Waals surface area contributed by atoms with Crippen molar-refractivity contribution in [3.63, 3.8) is 0 Å². The van der Waals surface area contributed by atoms with Gasteiger partial charge in [-0.1, -0.05) is 0 Å². The molecule has 0 aliphatic rings. The minimum Gasteiger partial charge on any atom is -0.377 e. The van der Waals surface area contributed by atoms with E-state index in [4.69, 9.17) is 30.4 Å². The van der Waals surface area contributed by atoms with Crippen molar-refractivity contribution in [2.24, 2.45) is 11.5 Å². The summed E-state index contributed by atoms with van der Waals surface area (Å²) in [5.74, 6) is 0. The summed E-state index contributed by atoms with van der Waals surface area (Å²) >= 11 is 0. The molecular formula is C8H20N2O4. The van der Waals surface area contributed by atoms with E-state index in [0.717, 1.165) is 0 Å². The lowest BCUT2D eigenvalue weighted by Crippen LogP contribution is -2.14. The number of nitrogens with two attached hydrogens (primary N) is 2. The Morgan fingerprint density at radius 1 is 0.500 bits per heavy atom. The highest BCUT2D eigenvalue weighted by molar-refractivity contribution is 4.33. The third kappa shape index (κ3) is 11.8. The molecule has 6 heteroatoms. The molecule has 0 amide bonds. The molecule has 14 heavy (non-hydrogen) atoms. The van der Waals surface area contributed by atoms with Crippen LogP contribution in [0, 0.1) is 0 Å². The third-order valence-electron chi connectivity index (χ3n) is 1.35. The lowest BCUT2D eigenvalue weighted by atomic mass is 10.7. The van der Waals surface area contributed by atoms with E-state index in [0.29, 0.717) is 39.6 Å². The molecule has 0 aromatic heterocycles. The average molecular weight is 208 g/mol. The van der Waals surface area contributed by atoms with E-state index in [-0.39, 0.29) is 13.5 Å². The van der Waals surface area contributed by atoms with E-state index in [2.05, 4.69) is 0 Å². The van der Waals surface area contributed by atoms with E-state index < -0.39 is 0 Å². The van der Waals surface area contributed by atoms with Crippen molar-refractivity contribution in [3.8, 4) is 0 Å². The molecule has 0 rings (SSSR count). The summed E-state index contributed by atoms with van der Waals surface area (Å²) in [6.45, 7) is 3.69. The monoisotopic (exact) mass is 208 g/mol. The number of hydrogen-bond donors (Lipinski definition) is 2. The third-order valence-corrected chi connectivity index (χ3v) is 1.35. The Morgan fingerprint density at radius 3 is 1.07 bits per heavy atom. The van der Waals surface area contributed by atoms with Crippen LogP contribution < -0.4 is 11.5 Å². The Morgan fingerprint density at radius 2 is 0.786 bits per heavy atom. The predicted molar refractivity (Wildman–Crippen MR) is 51.7 cm³/mol. The molecule has 0 saturated heterocycles. The van der Waals surface area contributed by atoms with Gasteiger partial charge in [-0.25, -0.2) is 0 Å². The smallest absolute Gasteiger partial charge is 0.0941 e. The largest absolute Gasteiger partial charge is 0.377 e. The summed E-state index contributed by atoms with van der Waals surface area (Å²) < 4.78 is 20.1. The van der Waals surface area contributed by atoms with Crippen molar-refractivity contribution < 1.29 is 18.9 Å². The fourth-order valence-corrected chi connectivity index (χ4v) is 0.724. The molecule has 4 N–H and O–H groups in total. The van der Waals surface area contributed by atoms with E-state index >= 15 is 0 Å². The van der Waals surface area contributed by atoms with E-state index in [1.54, 1.807) is 0 Å². The molecule has 0 bridgehead atoms. The second-order valence-electron chi connectivity index (χ2n) is 2.37. The molecule has 0 atom stereocenters. The molecule has 0 spiro atoms. The molecule has 0 fully saturated rings. The van der Waals surface area contributed by atoms with E-state index in [1.807, 2.05) is 0 Å². The summed E-state index contributed by atoms with van der Waals surface area (Å²) in [7, 11) is 0. The van der Waals surface area contributed by atoms with Crippen LogP contribution in [0.4, 0.5) is 0 Å². The zero-order chi connectivity index (χ0) is 10.5. The first-order chi connectivity index (χ1) is 6.91. The maximum absolute atomic E-state index is 5.17. The standard InChI is InChI=1S/C8H20N2O4/c9-7-13-5-3-11-1-2-12-4-6-14-8-10/h1-10H2. The highest BCUT2D eigenvalue weighted by atomic mass is 16.6. The predicted octanol–water partition coefficient (Wildman–Crippen LogP) is -1.11. The van der Waals surface area contributed by atoms with Crippen molar-refractivity contribution in [2.75, 3.05) is 53.1 Å². The van der Waals surface area contributed by atoms with Crippen LogP contribution in [-0.4, -0.2) is 53.1 Å². The maximum Gasteiger partial charge on any atom is 0.0941 e. The first-order valence-corrected chi connectivity index (χ1v) is 4.63. The first kappa shape index (κ1) is 13.8. The summed E-state index contributed by atoms with van der Waals surface area (Å²) in [5.41, 5.74) is 10.2. The van der Waals surface area contributed by atoms with Crippen LogP contribution in [0.25, 0.3) is 0 Å². The zero-order valence-corrected chi connectivity index (χ0v) is 8.44. The van der Waals surface area contributed by atoms with Gasteiger partial charge in [0.05, 0.1) is 53.1 Å². The molecule has 0 saturated carbocycles. The van der Waals surface area contributed by atoms with Crippen LogP contribution in [0.1, 0.15) is 0 Å². The van der Waals surface area contributed by atoms with Gasteiger partial charge in [0.25, 0.3) is 0 Å². The second kappa shape index (κ2) is 12.8. The molecule has 0 aliphatic heterocycles. The molecule has 0 aromatic rings. The molecule has 0 aliphatic carbocycles. The van der Waals surface area contributed by atoms with Crippen molar-refractivity contribution in [2.45, 2.75) is 0 Å². The molecule has 0 unspecified atom stereocenters. The minimum absolute atomic E-state index is 0.232. The van der Waals surface area contributed by atoms with Gasteiger partial charge in [0.1, 0.15) is 0 Å². The zero-order valence-electron chi connectivity index (χ0n) is 8.44. The van der Waals surface area contributed by atoms with Crippen molar-refractivity contribution in [3.05, 3.63) is 0 Å². The van der Waals surface area contributed by atoms with Gasteiger partial charge in [-0.15, -0.1) is 0 Å². The Labute approximate surface area is 84.4 Å². The van der Waals surface area contributed by atoms with Gasteiger partial charge in [0, 0.05) is 0 Å². The Kier molecular flexibility index (Phi) is 12.5. The highest BCUT2D eigenvalue weighted by Crippen LogP contribution is 1.80. The lowest BCUT2D eigenvalue weighted by Gasteiger charge is -2.05. The van der Waals surface area contributed by atoms with Gasteiger partial charge in [-0.05, 0) is 0 Å². The fraction of sp³-hybridized carbons (Fsp3) is 1.00. The van der Waals surface area contributed by atoms with Gasteiger partial charge in [-0.2, -0.15) is 0 Å². The summed E-state index contributed by atoms with van der Waals surface area (Å²) in [6.07, 6.45) is 0. The van der Waals surface area contributed by atoms with E-state index in [1.165, 1.54) is 0 Å². The Balaban J connectivity index is 2.78. The van der Waals surface area contributed by atoms with E-state index in [9.17, 15) is 0 Å². The van der Waals surface area contributed by atoms with Crippen molar-refractivity contribution in [1.82, 2.24) is 0 Å². The molecule has 0 aromatic carbocycles. The molecule has 0 radical (unpaired) electrons. The Bertz CT molecular complexity index is 93.3. The van der Waals surface area contributed by atoms with Gasteiger partial charge in [0.15, 0.2) is 0 Å². The SMILES string of the molecule is NCOCCOCCOCCOCN. The van der Waals surface area contributed by atoms with Gasteiger partial charge < -0.3 is 30.4 Å². The van der Waals surface area contributed by atoms with Crippen LogP contribution >= 0.6 is 0 Å². The van der Waals surface area contributed by atoms with Crippen molar-refractivity contribution in [1.29, 1.82) is 0 Å². The van der Waals surface area contributed by atoms with Gasteiger partial charge in [0.2, 0.25) is 0 Å². The van der Waals surface area contributed by atoms with Crippen LogP contribution in [0.3, 0.4) is 0 Å². The highest BCUT2D eigenvalue weighted by Gasteiger charge is 1.90. The first-order valence-electron chi connectivity index (χ1n) is 4.63. The number of hydrogen-bond acceptors (Lipinski definition) is 6. The lowest BCUT2D eigenvalue weighted by molar-refractivity contribution is -0.000474. The molecular weight excluding hydrogens is 188 g/mol. The molecule has 86 valence electrons. The topological polar surface area (TPSA) is 89.0 Å². The molecule has 0 heterocycles. The number of rotatable bonds is 11. The van der Waals surface area contributed by atoms with Crippen LogP contribution in [-0.2, 0) is 18.9 Å². The summed E-state index contributed by atoms with van der Waals surface area (Å²) in [6, 6.07) is 0. The second-order valence-corrected chi connectivity index (χ2v) is 2.37. The van der Waals surface area contributed by atoms with Crippen LogP contribution in [0.5, 0.6) is 0 Å².